The average molecular weight is 251 g/mol. The maximum absolute atomic E-state index is 5.91. The summed E-state index contributed by atoms with van der Waals surface area (Å²) in [6.07, 6.45) is 0. The molecule has 1 aliphatic heterocycles. The van der Waals surface area contributed by atoms with Crippen LogP contribution in [-0.4, -0.2) is 30.6 Å². The number of nitrogens with zero attached hydrogens (tertiary/aromatic N) is 1. The predicted octanol–water partition coefficient (Wildman–Crippen LogP) is 2.77. The molecule has 1 fully saturated rings. The highest BCUT2D eigenvalue weighted by Gasteiger charge is 2.25. The largest absolute Gasteiger partial charge is 0.307 e. The van der Waals surface area contributed by atoms with Crippen LogP contribution in [0.25, 0.3) is 0 Å². The lowest BCUT2D eigenvalue weighted by Gasteiger charge is -2.38. The summed E-state index contributed by atoms with van der Waals surface area (Å²) < 4.78 is 0. The molecule has 1 N–H and O–H groups in total. The van der Waals surface area contributed by atoms with Crippen molar-refractivity contribution in [1.82, 2.24) is 10.2 Å². The molecule has 3 heteroatoms. The van der Waals surface area contributed by atoms with Gasteiger partial charge in [-0.1, -0.05) is 48.5 Å². The van der Waals surface area contributed by atoms with Crippen molar-refractivity contribution in [3.63, 3.8) is 0 Å². The van der Waals surface area contributed by atoms with Gasteiger partial charge in [-0.3, -0.25) is 4.90 Å². The van der Waals surface area contributed by atoms with Gasteiger partial charge >= 0.3 is 0 Å². The van der Waals surface area contributed by atoms with Crippen LogP contribution in [0.5, 0.6) is 0 Å². The van der Waals surface area contributed by atoms with Crippen molar-refractivity contribution in [2.45, 2.75) is 19.0 Å². The summed E-state index contributed by atoms with van der Waals surface area (Å²) in [4.78, 5) is 2.38. The Bertz CT molecular complexity index is 377. The van der Waals surface area contributed by atoms with E-state index in [1.165, 1.54) is 5.56 Å². The fraction of sp³-hybridized carbons (Fsp3) is 0.429. The first-order valence-electron chi connectivity index (χ1n) is 6.02. The van der Waals surface area contributed by atoms with Crippen LogP contribution in [0, 0.1) is 0 Å². The van der Waals surface area contributed by atoms with Crippen LogP contribution in [0.2, 0.25) is 0 Å². The molecule has 92 valence electrons. The Morgan fingerprint density at radius 2 is 2.18 bits per heavy atom. The lowest BCUT2D eigenvalue weighted by molar-refractivity contribution is 0.156. The van der Waals surface area contributed by atoms with Gasteiger partial charge in [0.15, 0.2) is 0 Å². The molecule has 1 heterocycles. The number of rotatable bonds is 3. The Balaban J connectivity index is 2.05. The predicted molar refractivity (Wildman–Crippen MR) is 73.2 cm³/mol. The van der Waals surface area contributed by atoms with Gasteiger partial charge in [0.2, 0.25) is 0 Å². The zero-order valence-electron chi connectivity index (χ0n) is 10.2. The Morgan fingerprint density at radius 1 is 1.47 bits per heavy atom. The first-order valence-corrected chi connectivity index (χ1v) is 6.40. The van der Waals surface area contributed by atoms with E-state index in [2.05, 4.69) is 48.0 Å². The molecule has 1 aliphatic rings. The van der Waals surface area contributed by atoms with E-state index >= 15 is 0 Å². The normalized spacial score (nSPS) is 25.8. The second-order valence-electron chi connectivity index (χ2n) is 4.67. The fourth-order valence-corrected chi connectivity index (χ4v) is 2.42. The molecule has 0 aromatic heterocycles. The van der Waals surface area contributed by atoms with Gasteiger partial charge in [-0.15, -0.1) is 0 Å². The summed E-state index contributed by atoms with van der Waals surface area (Å²) in [5.41, 5.74) is 1.34. The molecule has 1 saturated heterocycles. The Morgan fingerprint density at radius 3 is 2.82 bits per heavy atom. The number of hydrogen-bond acceptors (Lipinski definition) is 2. The zero-order valence-corrected chi connectivity index (χ0v) is 11.0. The monoisotopic (exact) mass is 250 g/mol. The van der Waals surface area contributed by atoms with Crippen LogP contribution < -0.4 is 5.32 Å². The third kappa shape index (κ3) is 3.32. The Hall–Kier alpha value is -0.830. The van der Waals surface area contributed by atoms with Gasteiger partial charge in [-0.25, -0.2) is 0 Å². The van der Waals surface area contributed by atoms with Gasteiger partial charge in [-0.05, 0) is 12.5 Å². The maximum atomic E-state index is 5.91. The fourth-order valence-electron chi connectivity index (χ4n) is 2.27. The first-order chi connectivity index (χ1) is 8.16. The van der Waals surface area contributed by atoms with E-state index in [1.807, 2.05) is 6.07 Å². The van der Waals surface area contributed by atoms with E-state index in [0.717, 1.165) is 19.6 Å². The molecular formula is C14H19ClN2. The summed E-state index contributed by atoms with van der Waals surface area (Å²) in [5.74, 6) is 0. The molecule has 17 heavy (non-hydrogen) atoms. The summed E-state index contributed by atoms with van der Waals surface area (Å²) >= 11 is 5.91. The molecule has 0 spiro atoms. The van der Waals surface area contributed by atoms with Crippen LogP contribution in [-0.2, 0) is 0 Å². The van der Waals surface area contributed by atoms with Crippen molar-refractivity contribution in [3.05, 3.63) is 47.5 Å². The third-order valence-corrected chi connectivity index (χ3v) is 3.40. The van der Waals surface area contributed by atoms with Gasteiger partial charge in [0, 0.05) is 36.8 Å². The van der Waals surface area contributed by atoms with Crippen molar-refractivity contribution in [3.8, 4) is 0 Å². The van der Waals surface area contributed by atoms with E-state index in [1.54, 1.807) is 0 Å². The number of piperazine rings is 1. The summed E-state index contributed by atoms with van der Waals surface area (Å²) in [5, 5.41) is 4.29. The van der Waals surface area contributed by atoms with Gasteiger partial charge in [0.25, 0.3) is 0 Å². The molecule has 1 aromatic carbocycles. The second-order valence-corrected chi connectivity index (χ2v) is 5.20. The smallest absolute Gasteiger partial charge is 0.0450 e. The van der Waals surface area contributed by atoms with Crippen molar-refractivity contribution < 1.29 is 0 Å². The first kappa shape index (κ1) is 12.6. The van der Waals surface area contributed by atoms with E-state index in [4.69, 9.17) is 11.6 Å². The molecule has 1 aromatic rings. The summed E-state index contributed by atoms with van der Waals surface area (Å²) in [6.45, 7) is 8.75. The van der Waals surface area contributed by atoms with E-state index < -0.39 is 0 Å². The Kier molecular flexibility index (Phi) is 4.21. The molecule has 2 nitrogen and oxygen atoms in total. The van der Waals surface area contributed by atoms with E-state index in [-0.39, 0.29) is 0 Å². The van der Waals surface area contributed by atoms with Crippen LogP contribution in [0.1, 0.15) is 18.5 Å². The number of halogens is 1. The van der Waals surface area contributed by atoms with E-state index in [0.29, 0.717) is 17.1 Å². The van der Waals surface area contributed by atoms with Crippen LogP contribution >= 0.6 is 11.6 Å². The standard InChI is InChI=1S/C14H19ClN2/c1-11(15)9-17-10-14(16-8-12(17)2)13-6-4-3-5-7-13/h3-7,12,14,16H,1,8-10H2,2H3. The Labute approximate surface area is 108 Å². The SMILES string of the molecule is C=C(Cl)CN1CC(c2ccccc2)NCC1C. The van der Waals surface area contributed by atoms with Gasteiger partial charge in [-0.2, -0.15) is 0 Å². The highest BCUT2D eigenvalue weighted by atomic mass is 35.5. The second kappa shape index (κ2) is 5.67. The molecule has 2 rings (SSSR count). The highest BCUT2D eigenvalue weighted by molar-refractivity contribution is 6.29. The molecule has 0 radical (unpaired) electrons. The zero-order chi connectivity index (χ0) is 12.3. The lowest BCUT2D eigenvalue weighted by Crippen LogP contribution is -2.51. The third-order valence-electron chi connectivity index (χ3n) is 3.28. The van der Waals surface area contributed by atoms with Crippen molar-refractivity contribution in [1.29, 1.82) is 0 Å². The lowest BCUT2D eigenvalue weighted by atomic mass is 10.0. The minimum Gasteiger partial charge on any atom is -0.307 e. The topological polar surface area (TPSA) is 15.3 Å². The van der Waals surface area contributed by atoms with Gasteiger partial charge in [0.05, 0.1) is 0 Å². The van der Waals surface area contributed by atoms with Crippen molar-refractivity contribution >= 4 is 11.6 Å². The molecular weight excluding hydrogens is 232 g/mol. The van der Waals surface area contributed by atoms with Crippen LogP contribution in [0.4, 0.5) is 0 Å². The molecule has 0 bridgehead atoms. The number of benzene rings is 1. The summed E-state index contributed by atoms with van der Waals surface area (Å²) in [6, 6.07) is 11.4. The van der Waals surface area contributed by atoms with Gasteiger partial charge < -0.3 is 5.32 Å². The molecule has 0 aliphatic carbocycles. The van der Waals surface area contributed by atoms with Gasteiger partial charge in [0.1, 0.15) is 0 Å². The minimum atomic E-state index is 0.392. The van der Waals surface area contributed by atoms with E-state index in [9.17, 15) is 0 Å². The number of nitrogens with one attached hydrogen (secondary N) is 1. The summed E-state index contributed by atoms with van der Waals surface area (Å²) in [7, 11) is 0. The van der Waals surface area contributed by atoms with Crippen LogP contribution in [0.15, 0.2) is 41.9 Å². The highest BCUT2D eigenvalue weighted by Crippen LogP contribution is 2.20. The van der Waals surface area contributed by atoms with Crippen LogP contribution in [0.3, 0.4) is 0 Å². The molecule has 0 saturated carbocycles. The maximum Gasteiger partial charge on any atom is 0.0450 e. The molecule has 2 atom stereocenters. The van der Waals surface area contributed by atoms with Crippen molar-refractivity contribution in [2.75, 3.05) is 19.6 Å². The molecule has 0 amide bonds. The quantitative estimate of drug-likeness (QED) is 0.888. The molecule has 2 unspecified atom stereocenters. The number of hydrogen-bond donors (Lipinski definition) is 1. The van der Waals surface area contributed by atoms with Crippen molar-refractivity contribution in [2.24, 2.45) is 0 Å². The minimum absolute atomic E-state index is 0.392. The average Bonchev–Trinajstić information content (AvgIpc) is 2.32.